The molecule has 0 aliphatic carbocycles. The number of ether oxygens (including phenoxy) is 2. The van der Waals surface area contributed by atoms with Gasteiger partial charge in [0.15, 0.2) is 0 Å². The zero-order valence-corrected chi connectivity index (χ0v) is 19.5. The lowest BCUT2D eigenvalue weighted by molar-refractivity contribution is -0.166. The number of sulfonamides is 1. The fourth-order valence-electron chi connectivity index (χ4n) is 4.16. The van der Waals surface area contributed by atoms with E-state index in [1.807, 2.05) is 0 Å². The quantitative estimate of drug-likeness (QED) is 0.578. The maximum Gasteiger partial charge on any atom is 0.311 e. The highest BCUT2D eigenvalue weighted by Crippen LogP contribution is 2.28. The summed E-state index contributed by atoms with van der Waals surface area (Å²) in [7, 11) is -3.89. The van der Waals surface area contributed by atoms with Gasteiger partial charge in [0.25, 0.3) is 5.91 Å². The zero-order chi connectivity index (χ0) is 24.1. The summed E-state index contributed by atoms with van der Waals surface area (Å²) in [6, 6.07) is 13.4. The van der Waals surface area contributed by atoms with Crippen molar-refractivity contribution in [3.05, 3.63) is 66.0 Å². The maximum absolute atomic E-state index is 13.2. The molecule has 2 fully saturated rings. The number of benzene rings is 2. The topological polar surface area (TPSA) is 93.2 Å². The molecule has 0 aromatic heterocycles. The molecule has 2 aromatic rings. The number of amides is 1. The summed E-state index contributed by atoms with van der Waals surface area (Å²) in [5.74, 6) is -2.19. The molecule has 2 saturated heterocycles. The van der Waals surface area contributed by atoms with Gasteiger partial charge in [-0.15, -0.1) is 0 Å². The Morgan fingerprint density at radius 3 is 2.35 bits per heavy atom. The molecule has 0 saturated carbocycles. The van der Waals surface area contributed by atoms with Gasteiger partial charge >= 0.3 is 5.97 Å². The molecule has 182 valence electrons. The third-order valence-electron chi connectivity index (χ3n) is 6.05. The number of carbonyl (C=O) groups excluding carboxylic acids is 2. The summed E-state index contributed by atoms with van der Waals surface area (Å²) in [5.41, 5.74) is 0.555. The first-order valence-electron chi connectivity index (χ1n) is 11.2. The van der Waals surface area contributed by atoms with E-state index in [2.05, 4.69) is 0 Å². The Morgan fingerprint density at radius 1 is 1.00 bits per heavy atom. The van der Waals surface area contributed by atoms with Crippen molar-refractivity contribution >= 4 is 21.9 Å². The predicted molar refractivity (Wildman–Crippen MR) is 121 cm³/mol. The fraction of sp³-hybridized carbons (Fsp3) is 0.417. The molecule has 4 rings (SSSR count). The van der Waals surface area contributed by atoms with Crippen molar-refractivity contribution in [2.75, 3.05) is 39.4 Å². The molecule has 2 aliphatic rings. The van der Waals surface area contributed by atoms with Crippen LogP contribution in [0.15, 0.2) is 59.5 Å². The summed E-state index contributed by atoms with van der Waals surface area (Å²) in [6.07, 6.45) is -0.203. The van der Waals surface area contributed by atoms with Gasteiger partial charge in [0, 0.05) is 31.7 Å². The minimum atomic E-state index is -3.89. The molecule has 10 heteroatoms. The van der Waals surface area contributed by atoms with Crippen LogP contribution < -0.4 is 0 Å². The number of hydrogen-bond donors (Lipinski definition) is 0. The lowest BCUT2D eigenvalue weighted by Crippen LogP contribution is -2.46. The van der Waals surface area contributed by atoms with Gasteiger partial charge in [0.1, 0.15) is 5.82 Å². The van der Waals surface area contributed by atoms with E-state index in [4.69, 9.17) is 9.47 Å². The van der Waals surface area contributed by atoms with Crippen LogP contribution in [0, 0.1) is 11.7 Å². The minimum Gasteiger partial charge on any atom is -0.447 e. The van der Waals surface area contributed by atoms with Crippen LogP contribution >= 0.6 is 0 Å². The normalized spacial score (nSPS) is 20.5. The largest absolute Gasteiger partial charge is 0.447 e. The van der Waals surface area contributed by atoms with Crippen molar-refractivity contribution in [3.63, 3.8) is 0 Å². The summed E-state index contributed by atoms with van der Waals surface area (Å²) < 4.78 is 51.5. The van der Waals surface area contributed by atoms with Crippen LogP contribution in [-0.2, 0) is 29.1 Å². The Bertz CT molecular complexity index is 1100. The Morgan fingerprint density at radius 2 is 1.68 bits per heavy atom. The highest BCUT2D eigenvalue weighted by molar-refractivity contribution is 7.89. The third kappa shape index (κ3) is 5.45. The molecular formula is C24H27FN2O6S. The van der Waals surface area contributed by atoms with Crippen molar-refractivity contribution in [2.45, 2.75) is 23.8 Å². The summed E-state index contributed by atoms with van der Waals surface area (Å²) in [6.45, 7) is 1.84. The van der Waals surface area contributed by atoms with Gasteiger partial charge in [-0.1, -0.05) is 30.3 Å². The summed E-state index contributed by atoms with van der Waals surface area (Å²) >= 11 is 0. The summed E-state index contributed by atoms with van der Waals surface area (Å²) in [4.78, 5) is 27.9. The van der Waals surface area contributed by atoms with Crippen molar-refractivity contribution in [2.24, 2.45) is 5.92 Å². The van der Waals surface area contributed by atoms with Crippen LogP contribution in [0.5, 0.6) is 0 Å². The number of piperidine rings is 1. The molecule has 0 spiro atoms. The molecule has 34 heavy (non-hydrogen) atoms. The molecule has 0 radical (unpaired) electrons. The molecule has 8 nitrogen and oxygen atoms in total. The monoisotopic (exact) mass is 490 g/mol. The van der Waals surface area contributed by atoms with Gasteiger partial charge in [0.05, 0.1) is 24.0 Å². The van der Waals surface area contributed by atoms with Crippen molar-refractivity contribution < 1.29 is 31.9 Å². The van der Waals surface area contributed by atoms with Crippen LogP contribution in [0.4, 0.5) is 4.39 Å². The SMILES string of the molecule is O=C(O[C@@H](C(=O)N1CCOCC1)c1ccccc1)[C@H]1CCCN(S(=O)(=O)c2ccc(F)cc2)C1. The Hall–Kier alpha value is -2.82. The first-order chi connectivity index (χ1) is 16.4. The molecule has 2 heterocycles. The Labute approximate surface area is 198 Å². The van der Waals surface area contributed by atoms with Crippen molar-refractivity contribution in [3.8, 4) is 0 Å². The van der Waals surface area contributed by atoms with Gasteiger partial charge in [0.2, 0.25) is 16.1 Å². The predicted octanol–water partition coefficient (Wildman–Crippen LogP) is 2.37. The zero-order valence-electron chi connectivity index (χ0n) is 18.6. The van der Waals surface area contributed by atoms with Crippen molar-refractivity contribution in [1.82, 2.24) is 9.21 Å². The number of rotatable bonds is 6. The van der Waals surface area contributed by atoms with E-state index in [0.717, 1.165) is 12.1 Å². The van der Waals surface area contributed by atoms with Crippen LogP contribution in [0.1, 0.15) is 24.5 Å². The van der Waals surface area contributed by atoms with Crippen LogP contribution in [0.2, 0.25) is 0 Å². The van der Waals surface area contributed by atoms with E-state index in [-0.39, 0.29) is 23.9 Å². The molecule has 2 aromatic carbocycles. The second-order valence-corrected chi connectivity index (χ2v) is 10.3. The highest BCUT2D eigenvalue weighted by Gasteiger charge is 2.37. The van der Waals surface area contributed by atoms with Crippen LogP contribution in [0.25, 0.3) is 0 Å². The van der Waals surface area contributed by atoms with Gasteiger partial charge < -0.3 is 14.4 Å². The molecule has 1 amide bonds. The van der Waals surface area contributed by atoms with Gasteiger partial charge in [-0.2, -0.15) is 4.31 Å². The second-order valence-electron chi connectivity index (χ2n) is 8.32. The lowest BCUT2D eigenvalue weighted by Gasteiger charge is -2.33. The smallest absolute Gasteiger partial charge is 0.311 e. The molecular weight excluding hydrogens is 463 g/mol. The maximum atomic E-state index is 13.2. The van der Waals surface area contributed by atoms with E-state index >= 15 is 0 Å². The molecule has 0 unspecified atom stereocenters. The average Bonchev–Trinajstić information content (AvgIpc) is 2.88. The first-order valence-corrected chi connectivity index (χ1v) is 12.7. The molecule has 0 bridgehead atoms. The average molecular weight is 491 g/mol. The van der Waals surface area contributed by atoms with E-state index in [0.29, 0.717) is 44.7 Å². The Balaban J connectivity index is 1.49. The van der Waals surface area contributed by atoms with E-state index in [1.165, 1.54) is 16.4 Å². The van der Waals surface area contributed by atoms with Gasteiger partial charge in [-0.05, 0) is 37.1 Å². The fourth-order valence-corrected chi connectivity index (χ4v) is 5.68. The van der Waals surface area contributed by atoms with Crippen LogP contribution in [0.3, 0.4) is 0 Å². The molecule has 0 N–H and O–H groups in total. The van der Waals surface area contributed by atoms with E-state index in [1.54, 1.807) is 35.2 Å². The number of carbonyl (C=O) groups is 2. The lowest BCUT2D eigenvalue weighted by atomic mass is 9.99. The van der Waals surface area contributed by atoms with Gasteiger partial charge in [-0.3, -0.25) is 9.59 Å². The van der Waals surface area contributed by atoms with Crippen molar-refractivity contribution in [1.29, 1.82) is 0 Å². The third-order valence-corrected chi connectivity index (χ3v) is 7.93. The van der Waals surface area contributed by atoms with E-state index < -0.39 is 33.8 Å². The van der Waals surface area contributed by atoms with Gasteiger partial charge in [-0.25, -0.2) is 12.8 Å². The summed E-state index contributed by atoms with van der Waals surface area (Å²) in [5, 5.41) is 0. The molecule has 2 aliphatic heterocycles. The number of nitrogens with zero attached hydrogens (tertiary/aromatic N) is 2. The first kappa shape index (κ1) is 24.3. The standard InChI is InChI=1S/C24H27FN2O6S/c25-20-8-10-21(11-9-20)34(30,31)27-12-4-7-19(17-27)24(29)33-22(18-5-2-1-3-6-18)23(28)26-13-15-32-16-14-26/h1-3,5-6,8-11,19,22H,4,7,12-17H2/t19-,22+/m0/s1. The van der Waals surface area contributed by atoms with Crippen LogP contribution in [-0.4, -0.2) is 68.9 Å². The molecule has 2 atom stereocenters. The number of hydrogen-bond acceptors (Lipinski definition) is 6. The number of esters is 1. The highest BCUT2D eigenvalue weighted by atomic mass is 32.2. The Kier molecular flexibility index (Phi) is 7.60. The number of morpholine rings is 1. The number of halogens is 1. The van der Waals surface area contributed by atoms with E-state index in [9.17, 15) is 22.4 Å². The minimum absolute atomic E-state index is 0.0347. The second kappa shape index (κ2) is 10.6.